The first-order chi connectivity index (χ1) is 3.81. The van der Waals surface area contributed by atoms with E-state index in [4.69, 9.17) is 5.53 Å². The van der Waals surface area contributed by atoms with Crippen LogP contribution in [0.5, 0.6) is 0 Å². The zero-order chi connectivity index (χ0) is 6.41. The summed E-state index contributed by atoms with van der Waals surface area (Å²) in [7, 11) is 0. The van der Waals surface area contributed by atoms with Crippen molar-refractivity contribution in [3.8, 4) is 0 Å². The Morgan fingerprint density at radius 2 is 1.62 bits per heavy atom. The van der Waals surface area contributed by atoms with E-state index in [1.165, 1.54) is 0 Å². The van der Waals surface area contributed by atoms with Crippen LogP contribution in [0, 0.1) is 0 Å². The largest absolute Gasteiger partial charge is 0.390 e. The summed E-state index contributed by atoms with van der Waals surface area (Å²) in [4.78, 5) is 25.6. The highest BCUT2D eigenvalue weighted by molar-refractivity contribution is 5.36. The Balaban J connectivity index is 3.32. The van der Waals surface area contributed by atoms with Crippen LogP contribution in [0.15, 0.2) is 0 Å². The van der Waals surface area contributed by atoms with Gasteiger partial charge in [-0.2, -0.15) is 9.68 Å². The molecule has 0 saturated heterocycles. The van der Waals surface area contributed by atoms with E-state index in [2.05, 4.69) is 9.68 Å². The SMILES string of the molecule is [N-]=[N+](OC=O)OC=O. The van der Waals surface area contributed by atoms with E-state index in [9.17, 15) is 9.59 Å². The zero-order valence-electron chi connectivity index (χ0n) is 3.68. The van der Waals surface area contributed by atoms with E-state index in [1.807, 2.05) is 0 Å². The molecule has 6 heteroatoms. The molecule has 0 atom stereocenters. The van der Waals surface area contributed by atoms with Crippen molar-refractivity contribution in [3.05, 3.63) is 5.53 Å². The predicted molar refractivity (Wildman–Crippen MR) is 17.9 cm³/mol. The van der Waals surface area contributed by atoms with Gasteiger partial charge in [0, 0.05) is 0 Å². The predicted octanol–water partition coefficient (Wildman–Crippen LogP) is -0.804. The Bertz CT molecular complexity index is 98.6. The molecule has 0 aromatic rings. The molecule has 0 bridgehead atoms. The lowest BCUT2D eigenvalue weighted by Crippen LogP contribution is -2.06. The van der Waals surface area contributed by atoms with Gasteiger partial charge < -0.3 is 5.53 Å². The first-order valence-electron chi connectivity index (χ1n) is 1.51. The van der Waals surface area contributed by atoms with Crippen molar-refractivity contribution in [1.29, 1.82) is 0 Å². The summed E-state index contributed by atoms with van der Waals surface area (Å²) in [6.45, 7) is -0.215. The molecule has 6 nitrogen and oxygen atoms in total. The first-order valence-corrected chi connectivity index (χ1v) is 1.51. The lowest BCUT2D eigenvalue weighted by Gasteiger charge is -1.87. The highest BCUT2D eigenvalue weighted by Gasteiger charge is 1.91. The van der Waals surface area contributed by atoms with Gasteiger partial charge in [0.1, 0.15) is 5.02 Å². The van der Waals surface area contributed by atoms with Gasteiger partial charge in [-0.25, -0.2) is 9.59 Å². The van der Waals surface area contributed by atoms with Crippen molar-refractivity contribution >= 4 is 12.9 Å². The van der Waals surface area contributed by atoms with Crippen molar-refractivity contribution in [3.63, 3.8) is 0 Å². The summed E-state index contributed by atoms with van der Waals surface area (Å²) in [5.74, 6) is 0. The Hall–Kier alpha value is -1.46. The Morgan fingerprint density at radius 1 is 1.25 bits per heavy atom. The van der Waals surface area contributed by atoms with E-state index >= 15 is 0 Å². The van der Waals surface area contributed by atoms with Crippen molar-refractivity contribution in [2.24, 2.45) is 0 Å². The Kier molecular flexibility index (Phi) is 3.04. The molecule has 0 aliphatic heterocycles. The highest BCUT2D eigenvalue weighted by atomic mass is 17.0. The second-order valence-corrected chi connectivity index (χ2v) is 0.641. The van der Waals surface area contributed by atoms with E-state index in [1.54, 1.807) is 0 Å². The standard InChI is InChI=1S/C2H2N2O4/c3-4(7-1-5)8-2-6/h1-2H. The van der Waals surface area contributed by atoms with Crippen molar-refractivity contribution in [2.45, 2.75) is 0 Å². The van der Waals surface area contributed by atoms with Gasteiger partial charge in [-0.3, -0.25) is 0 Å². The minimum absolute atomic E-state index is 0.108. The minimum Gasteiger partial charge on any atom is -0.390 e. The average molecular weight is 118 g/mol. The molecule has 0 amide bonds. The summed E-state index contributed by atoms with van der Waals surface area (Å²) < 4.78 is 0. The van der Waals surface area contributed by atoms with Crippen LogP contribution < -0.4 is 0 Å². The quantitative estimate of drug-likeness (QED) is 0.275. The fourth-order valence-electron chi connectivity index (χ4n) is 0.0985. The Morgan fingerprint density at radius 3 is 1.88 bits per heavy atom. The van der Waals surface area contributed by atoms with Gasteiger partial charge in [0.05, 0.1) is 0 Å². The fourth-order valence-corrected chi connectivity index (χ4v) is 0.0985. The monoisotopic (exact) mass is 118 g/mol. The van der Waals surface area contributed by atoms with Crippen LogP contribution in [0.3, 0.4) is 0 Å². The van der Waals surface area contributed by atoms with Crippen LogP contribution in [-0.4, -0.2) is 18.0 Å². The lowest BCUT2D eigenvalue weighted by atomic mass is 11.6. The molecule has 0 radical (unpaired) electrons. The van der Waals surface area contributed by atoms with Crippen LogP contribution in [0.1, 0.15) is 0 Å². The van der Waals surface area contributed by atoms with E-state index < -0.39 is 0 Å². The molecule has 0 aliphatic rings. The number of hydrogen-bond acceptors (Lipinski definition) is 4. The molecule has 0 aliphatic carbocycles. The van der Waals surface area contributed by atoms with Gasteiger partial charge in [0.15, 0.2) is 0 Å². The summed E-state index contributed by atoms with van der Waals surface area (Å²) in [6, 6.07) is 0. The zero-order valence-corrected chi connectivity index (χ0v) is 3.68. The molecule has 0 saturated carbocycles. The van der Waals surface area contributed by atoms with Crippen molar-refractivity contribution in [1.82, 2.24) is 0 Å². The molecule has 0 spiro atoms. The van der Waals surface area contributed by atoms with E-state index in [0.717, 1.165) is 0 Å². The molecular weight excluding hydrogens is 116 g/mol. The molecule has 0 N–H and O–H groups in total. The van der Waals surface area contributed by atoms with Crippen LogP contribution in [-0.2, 0) is 19.3 Å². The van der Waals surface area contributed by atoms with Crippen LogP contribution in [0.2, 0.25) is 0 Å². The smallest absolute Gasteiger partial charge is 0.373 e. The first kappa shape index (κ1) is 6.54. The maximum Gasteiger partial charge on any atom is 0.373 e. The number of hydrogen-bond donors (Lipinski definition) is 0. The molecular formula is C2H2N2O4. The third-order valence-electron chi connectivity index (χ3n) is 0.266. The van der Waals surface area contributed by atoms with Gasteiger partial charge in [0.2, 0.25) is 0 Å². The average Bonchev–Trinajstić information content (AvgIpc) is 1.68. The highest BCUT2D eigenvalue weighted by Crippen LogP contribution is 1.71. The van der Waals surface area contributed by atoms with Crippen LogP contribution >= 0.6 is 0 Å². The second-order valence-electron chi connectivity index (χ2n) is 0.641. The molecule has 0 heterocycles. The lowest BCUT2D eigenvalue weighted by molar-refractivity contribution is -0.941. The number of rotatable bonds is 4. The summed E-state index contributed by atoms with van der Waals surface area (Å²) >= 11 is 0. The topological polar surface area (TPSA) is 77.9 Å². The van der Waals surface area contributed by atoms with Gasteiger partial charge in [0.25, 0.3) is 0 Å². The maximum atomic E-state index is 9.27. The molecule has 0 unspecified atom stereocenters. The third kappa shape index (κ3) is 2.76. The van der Waals surface area contributed by atoms with Gasteiger partial charge >= 0.3 is 12.9 Å². The Labute approximate surface area is 44.0 Å². The van der Waals surface area contributed by atoms with Crippen LogP contribution in [0.25, 0.3) is 5.53 Å². The molecule has 0 aromatic heterocycles. The summed E-state index contributed by atoms with van der Waals surface area (Å²) in [5.41, 5.74) is 7.98. The van der Waals surface area contributed by atoms with E-state index in [0.29, 0.717) is 0 Å². The third-order valence-corrected chi connectivity index (χ3v) is 0.266. The molecule has 0 rings (SSSR count). The normalized spacial score (nSPS) is 7.00. The number of carbonyl (C=O) groups excluding carboxylic acids is 2. The fraction of sp³-hybridized carbons (Fsp3) is 0. The van der Waals surface area contributed by atoms with Crippen LogP contribution in [0.4, 0.5) is 0 Å². The molecule has 0 fully saturated rings. The number of carbonyl (C=O) groups is 2. The van der Waals surface area contributed by atoms with Gasteiger partial charge in [-0.15, -0.1) is 0 Å². The number of nitrogens with zero attached hydrogens (tertiary/aromatic N) is 2. The van der Waals surface area contributed by atoms with Crippen molar-refractivity contribution < 1.29 is 24.3 Å². The van der Waals surface area contributed by atoms with Gasteiger partial charge in [-0.1, -0.05) is 0 Å². The van der Waals surface area contributed by atoms with Gasteiger partial charge in [-0.05, 0) is 0 Å². The minimum atomic E-state index is -0.375. The van der Waals surface area contributed by atoms with Crippen molar-refractivity contribution in [2.75, 3.05) is 0 Å². The van der Waals surface area contributed by atoms with E-state index in [-0.39, 0.29) is 18.0 Å². The molecule has 44 valence electrons. The maximum absolute atomic E-state index is 9.27. The second kappa shape index (κ2) is 3.72. The molecule has 8 heavy (non-hydrogen) atoms. The summed E-state index contributed by atoms with van der Waals surface area (Å²) in [5, 5.41) is -0.375. The molecule has 0 aromatic carbocycles. The summed E-state index contributed by atoms with van der Waals surface area (Å²) in [6.07, 6.45) is 0.